The Balaban J connectivity index is 2.23. The maximum Gasteiger partial charge on any atom is 0.179 e. The first kappa shape index (κ1) is 12.4. The van der Waals surface area contributed by atoms with Crippen molar-refractivity contribution in [2.45, 2.75) is 39.2 Å². The lowest BCUT2D eigenvalue weighted by Gasteiger charge is -2.28. The summed E-state index contributed by atoms with van der Waals surface area (Å²) in [6.45, 7) is 4.65. The molecule has 0 aromatic carbocycles. The van der Waals surface area contributed by atoms with Crippen LogP contribution in [0.5, 0.6) is 0 Å². The van der Waals surface area contributed by atoms with E-state index in [1.54, 1.807) is 0 Å². The van der Waals surface area contributed by atoms with E-state index >= 15 is 0 Å². The Hall–Kier alpha value is -0.680. The molecular weight excluding hydrogens is 310 g/mol. The summed E-state index contributed by atoms with van der Waals surface area (Å²) in [5.41, 5.74) is 2.28. The molecule has 1 aliphatic rings. The minimum atomic E-state index is 0.294. The minimum absolute atomic E-state index is 0.294. The summed E-state index contributed by atoms with van der Waals surface area (Å²) >= 11 is 8.93. The topological polar surface area (TPSA) is 33.6 Å². The normalized spacial score (nSPS) is 22.7. The highest BCUT2D eigenvalue weighted by Crippen LogP contribution is 2.46. The van der Waals surface area contributed by atoms with E-state index in [0.29, 0.717) is 11.5 Å². The van der Waals surface area contributed by atoms with Crippen LogP contribution in [0.1, 0.15) is 39.2 Å². The van der Waals surface area contributed by atoms with Crippen molar-refractivity contribution in [3.8, 4) is 0 Å². The molecule has 0 saturated heterocycles. The number of aromatic nitrogens is 3. The van der Waals surface area contributed by atoms with Crippen molar-refractivity contribution in [3.05, 3.63) is 21.5 Å². The third-order valence-electron chi connectivity index (χ3n) is 4.03. The summed E-state index contributed by atoms with van der Waals surface area (Å²) in [7, 11) is 0. The Kier molecular flexibility index (Phi) is 2.86. The van der Waals surface area contributed by atoms with Gasteiger partial charge in [0.1, 0.15) is 0 Å². The van der Waals surface area contributed by atoms with Crippen molar-refractivity contribution in [2.75, 3.05) is 0 Å². The van der Waals surface area contributed by atoms with Gasteiger partial charge in [-0.3, -0.25) is 4.57 Å². The number of H-pyrrole nitrogens is 1. The van der Waals surface area contributed by atoms with Crippen molar-refractivity contribution in [3.63, 3.8) is 0 Å². The van der Waals surface area contributed by atoms with Crippen molar-refractivity contribution in [1.29, 1.82) is 0 Å². The molecular formula is C13H16BrN3S. The highest BCUT2D eigenvalue weighted by molar-refractivity contribution is 9.10. The molecule has 0 radical (unpaired) electrons. The average Bonchev–Trinajstić information content (AvgIpc) is 2.76. The van der Waals surface area contributed by atoms with E-state index in [9.17, 15) is 0 Å². The van der Waals surface area contributed by atoms with Crippen LogP contribution in [0.4, 0.5) is 0 Å². The van der Waals surface area contributed by atoms with Gasteiger partial charge in [-0.2, -0.15) is 0 Å². The van der Waals surface area contributed by atoms with Gasteiger partial charge in [-0.25, -0.2) is 4.98 Å². The van der Waals surface area contributed by atoms with Gasteiger partial charge in [0.2, 0.25) is 0 Å². The third-order valence-corrected chi connectivity index (χ3v) is 4.77. The van der Waals surface area contributed by atoms with Crippen molar-refractivity contribution in [2.24, 2.45) is 5.41 Å². The van der Waals surface area contributed by atoms with Crippen LogP contribution in [-0.4, -0.2) is 14.5 Å². The molecule has 1 saturated carbocycles. The highest BCUT2D eigenvalue weighted by atomic mass is 79.9. The molecule has 1 fully saturated rings. The molecule has 2 aromatic heterocycles. The van der Waals surface area contributed by atoms with Crippen LogP contribution in [0.15, 0.2) is 16.7 Å². The number of imidazole rings is 1. The average molecular weight is 326 g/mol. The predicted octanol–water partition coefficient (Wildman–Crippen LogP) is 4.61. The predicted molar refractivity (Wildman–Crippen MR) is 79.3 cm³/mol. The second-order valence-corrected chi connectivity index (χ2v) is 7.02. The van der Waals surface area contributed by atoms with Gasteiger partial charge in [-0.15, -0.1) is 0 Å². The van der Waals surface area contributed by atoms with E-state index in [-0.39, 0.29) is 0 Å². The van der Waals surface area contributed by atoms with Crippen LogP contribution in [0.3, 0.4) is 0 Å². The Morgan fingerprint density at radius 2 is 2.33 bits per heavy atom. The number of aromatic amines is 1. The van der Waals surface area contributed by atoms with Gasteiger partial charge >= 0.3 is 0 Å². The largest absolute Gasteiger partial charge is 0.329 e. The number of nitrogens with zero attached hydrogens (tertiary/aromatic N) is 2. The Bertz CT molecular complexity index is 656. The maximum absolute atomic E-state index is 5.49. The zero-order chi connectivity index (χ0) is 12.9. The second kappa shape index (κ2) is 4.17. The lowest BCUT2D eigenvalue weighted by Crippen LogP contribution is -2.21. The van der Waals surface area contributed by atoms with E-state index in [4.69, 9.17) is 12.2 Å². The lowest BCUT2D eigenvalue weighted by molar-refractivity contribution is 0.263. The molecule has 0 bridgehead atoms. The number of nitrogens with one attached hydrogen (secondary N) is 1. The first-order valence-electron chi connectivity index (χ1n) is 6.25. The molecule has 3 nitrogen and oxygen atoms in total. The lowest BCUT2D eigenvalue weighted by atomic mass is 9.87. The molecule has 2 heterocycles. The molecule has 0 amide bonds. The van der Waals surface area contributed by atoms with Crippen LogP contribution in [0.25, 0.3) is 11.2 Å². The SMILES string of the molecule is CC1(C)CCCC1n1c(=S)[nH]c2cc(Br)cnc21. The monoisotopic (exact) mass is 325 g/mol. The van der Waals surface area contributed by atoms with Gasteiger partial charge in [-0.1, -0.05) is 20.3 Å². The molecule has 0 aliphatic heterocycles. The fourth-order valence-corrected chi connectivity index (χ4v) is 3.72. The maximum atomic E-state index is 5.49. The quantitative estimate of drug-likeness (QED) is 0.777. The van der Waals surface area contributed by atoms with E-state index < -0.39 is 0 Å². The van der Waals surface area contributed by atoms with Crippen molar-refractivity contribution >= 4 is 39.3 Å². The van der Waals surface area contributed by atoms with Gasteiger partial charge in [0.15, 0.2) is 10.4 Å². The number of hydrogen-bond donors (Lipinski definition) is 1. The van der Waals surface area contributed by atoms with Gasteiger partial charge in [0, 0.05) is 16.7 Å². The Morgan fingerprint density at radius 1 is 1.56 bits per heavy atom. The summed E-state index contributed by atoms with van der Waals surface area (Å²) in [6.07, 6.45) is 5.54. The first-order valence-corrected chi connectivity index (χ1v) is 7.45. The van der Waals surface area contributed by atoms with Crippen LogP contribution < -0.4 is 0 Å². The smallest absolute Gasteiger partial charge is 0.179 e. The molecule has 2 aromatic rings. The number of pyridine rings is 1. The fraction of sp³-hybridized carbons (Fsp3) is 0.538. The molecule has 0 spiro atoms. The zero-order valence-corrected chi connectivity index (χ0v) is 12.9. The highest BCUT2D eigenvalue weighted by Gasteiger charge is 2.37. The van der Waals surface area contributed by atoms with E-state index in [0.717, 1.165) is 20.4 Å². The van der Waals surface area contributed by atoms with E-state index in [2.05, 4.69) is 44.3 Å². The van der Waals surface area contributed by atoms with Crippen molar-refractivity contribution < 1.29 is 0 Å². The number of fused-ring (bicyclic) bond motifs is 1. The van der Waals surface area contributed by atoms with Crippen molar-refractivity contribution in [1.82, 2.24) is 14.5 Å². The van der Waals surface area contributed by atoms with Gasteiger partial charge in [-0.05, 0) is 52.5 Å². The molecule has 5 heteroatoms. The number of rotatable bonds is 1. The first-order chi connectivity index (χ1) is 8.49. The van der Waals surface area contributed by atoms with Crippen LogP contribution in [-0.2, 0) is 0 Å². The third kappa shape index (κ3) is 1.84. The van der Waals surface area contributed by atoms with Gasteiger partial charge in [0.25, 0.3) is 0 Å². The molecule has 3 rings (SSSR count). The fourth-order valence-electron chi connectivity index (χ4n) is 3.06. The second-order valence-electron chi connectivity index (χ2n) is 5.72. The van der Waals surface area contributed by atoms with Gasteiger partial charge in [0.05, 0.1) is 5.52 Å². The molecule has 1 aliphatic carbocycles. The number of hydrogen-bond acceptors (Lipinski definition) is 2. The van der Waals surface area contributed by atoms with Crippen LogP contribution in [0, 0.1) is 10.2 Å². The molecule has 1 N–H and O–H groups in total. The summed E-state index contributed by atoms with van der Waals surface area (Å²) in [6, 6.07) is 2.49. The standard InChI is InChI=1S/C13H16BrN3S/c1-13(2)5-3-4-10(13)17-11-9(16-12(17)18)6-8(14)7-15-11/h6-7,10H,3-5H2,1-2H3,(H,16,18). The summed E-state index contributed by atoms with van der Waals surface area (Å²) in [4.78, 5) is 7.80. The van der Waals surface area contributed by atoms with Gasteiger partial charge < -0.3 is 4.98 Å². The summed E-state index contributed by atoms with van der Waals surface area (Å²) < 4.78 is 3.98. The zero-order valence-electron chi connectivity index (χ0n) is 10.5. The molecule has 18 heavy (non-hydrogen) atoms. The Morgan fingerprint density at radius 3 is 3.00 bits per heavy atom. The molecule has 1 unspecified atom stereocenters. The molecule has 1 atom stereocenters. The van der Waals surface area contributed by atoms with Crippen LogP contribution in [0.2, 0.25) is 0 Å². The molecule has 96 valence electrons. The number of halogens is 1. The van der Waals surface area contributed by atoms with E-state index in [1.165, 1.54) is 19.3 Å². The summed E-state index contributed by atoms with van der Waals surface area (Å²) in [5, 5.41) is 0. The van der Waals surface area contributed by atoms with Crippen LogP contribution >= 0.6 is 28.1 Å². The minimum Gasteiger partial charge on any atom is -0.329 e. The summed E-state index contributed by atoms with van der Waals surface area (Å²) in [5.74, 6) is 0. The van der Waals surface area contributed by atoms with E-state index in [1.807, 2.05) is 12.3 Å². The Labute approximate surface area is 120 Å².